The molecule has 0 heterocycles. The summed E-state index contributed by atoms with van der Waals surface area (Å²) in [5.41, 5.74) is 1.14. The van der Waals surface area contributed by atoms with Crippen LogP contribution in [0.2, 0.25) is 0 Å². The fourth-order valence-corrected chi connectivity index (χ4v) is 1.17. The fourth-order valence-electron chi connectivity index (χ4n) is 1.17. The average Bonchev–Trinajstić information content (AvgIpc) is 2.31. The maximum Gasteiger partial charge on any atom is 0.338 e. The third kappa shape index (κ3) is 3.97. The second-order valence-electron chi connectivity index (χ2n) is 3.67. The molecule has 4 nitrogen and oxygen atoms in total. The molecule has 0 fully saturated rings. The number of phenols is 1. The molecule has 0 aliphatic carbocycles. The van der Waals surface area contributed by atoms with Crippen molar-refractivity contribution in [1.82, 2.24) is 0 Å². The van der Waals surface area contributed by atoms with E-state index >= 15 is 0 Å². The van der Waals surface area contributed by atoms with Crippen molar-refractivity contribution in [2.24, 2.45) is 0 Å². The van der Waals surface area contributed by atoms with Gasteiger partial charge in [0, 0.05) is 0 Å². The van der Waals surface area contributed by atoms with Gasteiger partial charge in [-0.05, 0) is 38.1 Å². The second kappa shape index (κ2) is 6.49. The lowest BCUT2D eigenvalue weighted by molar-refractivity contribution is 0.0526. The first-order valence-corrected chi connectivity index (χ1v) is 5.53. The summed E-state index contributed by atoms with van der Waals surface area (Å²) in [5.74, 6) is -0.307. The molecule has 0 saturated heterocycles. The van der Waals surface area contributed by atoms with E-state index < -0.39 is 5.97 Å². The molecule has 0 aliphatic rings. The molecule has 4 heteroatoms. The molecule has 18 heavy (non-hydrogen) atoms. The Morgan fingerprint density at radius 3 is 2.83 bits per heavy atom. The van der Waals surface area contributed by atoms with Gasteiger partial charge >= 0.3 is 5.97 Å². The predicted molar refractivity (Wildman–Crippen MR) is 68.6 cm³/mol. The summed E-state index contributed by atoms with van der Waals surface area (Å²) < 4.78 is 10.1. The third-order valence-electron chi connectivity index (χ3n) is 2.02. The van der Waals surface area contributed by atoms with E-state index in [-0.39, 0.29) is 11.5 Å². The topological polar surface area (TPSA) is 55.8 Å². The van der Waals surface area contributed by atoms with Gasteiger partial charge in [0.2, 0.25) is 0 Å². The SMILES string of the molecule is C=C(C)C=COc1cc(C(=O)OCC)ccc1O. The highest BCUT2D eigenvalue weighted by molar-refractivity contribution is 5.90. The molecule has 0 saturated carbocycles. The smallest absolute Gasteiger partial charge is 0.338 e. The highest BCUT2D eigenvalue weighted by Crippen LogP contribution is 2.27. The number of carbonyl (C=O) groups excluding carboxylic acids is 1. The van der Waals surface area contributed by atoms with E-state index in [9.17, 15) is 9.90 Å². The lowest BCUT2D eigenvalue weighted by Crippen LogP contribution is -2.04. The third-order valence-corrected chi connectivity index (χ3v) is 2.02. The molecule has 1 rings (SSSR count). The number of rotatable bonds is 5. The Morgan fingerprint density at radius 2 is 2.22 bits per heavy atom. The first-order chi connectivity index (χ1) is 8.54. The summed E-state index contributed by atoms with van der Waals surface area (Å²) in [6, 6.07) is 4.29. The Hall–Kier alpha value is -2.23. The minimum absolute atomic E-state index is 0.0468. The van der Waals surface area contributed by atoms with Crippen molar-refractivity contribution in [2.75, 3.05) is 6.61 Å². The quantitative estimate of drug-likeness (QED) is 0.494. The zero-order valence-corrected chi connectivity index (χ0v) is 10.5. The van der Waals surface area contributed by atoms with Crippen molar-refractivity contribution in [3.8, 4) is 11.5 Å². The summed E-state index contributed by atoms with van der Waals surface area (Å²) in [5, 5.41) is 9.58. The first-order valence-electron chi connectivity index (χ1n) is 5.53. The number of hydrogen-bond acceptors (Lipinski definition) is 4. The van der Waals surface area contributed by atoms with Crippen LogP contribution < -0.4 is 4.74 Å². The Labute approximate surface area is 106 Å². The van der Waals surface area contributed by atoms with Crippen LogP contribution in [0.4, 0.5) is 0 Å². The molecular weight excluding hydrogens is 232 g/mol. The second-order valence-corrected chi connectivity index (χ2v) is 3.67. The largest absolute Gasteiger partial charge is 0.504 e. The fraction of sp³-hybridized carbons (Fsp3) is 0.214. The van der Waals surface area contributed by atoms with Gasteiger partial charge in [0.15, 0.2) is 11.5 Å². The van der Waals surface area contributed by atoms with E-state index in [1.165, 1.54) is 24.5 Å². The predicted octanol–water partition coefficient (Wildman–Crippen LogP) is 3.04. The Bertz CT molecular complexity index is 475. The lowest BCUT2D eigenvalue weighted by Gasteiger charge is -2.06. The summed E-state index contributed by atoms with van der Waals surface area (Å²) in [4.78, 5) is 11.5. The van der Waals surface area contributed by atoms with E-state index in [0.29, 0.717) is 12.2 Å². The first kappa shape index (κ1) is 13.8. The molecule has 0 spiro atoms. The zero-order valence-electron chi connectivity index (χ0n) is 10.5. The summed E-state index contributed by atoms with van der Waals surface area (Å²) >= 11 is 0. The number of benzene rings is 1. The van der Waals surface area contributed by atoms with E-state index in [1.807, 2.05) is 6.92 Å². The minimum atomic E-state index is -0.453. The Kier molecular flexibility index (Phi) is 4.99. The summed E-state index contributed by atoms with van der Waals surface area (Å²) in [6.45, 7) is 7.51. The van der Waals surface area contributed by atoms with Crippen LogP contribution >= 0.6 is 0 Å². The van der Waals surface area contributed by atoms with Crippen LogP contribution in [-0.4, -0.2) is 17.7 Å². The summed E-state index contributed by atoms with van der Waals surface area (Å²) in [6.07, 6.45) is 3.04. The standard InChI is InChI=1S/C14H16O4/c1-4-17-14(16)11-5-6-12(15)13(9-11)18-8-7-10(2)3/h5-9,15H,2,4H2,1,3H3. The van der Waals surface area contributed by atoms with Crippen molar-refractivity contribution >= 4 is 5.97 Å². The van der Waals surface area contributed by atoms with Crippen LogP contribution in [0.5, 0.6) is 11.5 Å². The monoisotopic (exact) mass is 248 g/mol. The van der Waals surface area contributed by atoms with Crippen LogP contribution in [0.3, 0.4) is 0 Å². The number of phenolic OH excluding ortho intramolecular Hbond substituents is 1. The van der Waals surface area contributed by atoms with Gasteiger partial charge in [-0.2, -0.15) is 0 Å². The molecule has 96 valence electrons. The zero-order chi connectivity index (χ0) is 13.5. The molecule has 0 radical (unpaired) electrons. The Balaban J connectivity index is 2.87. The van der Waals surface area contributed by atoms with Crippen LogP contribution in [-0.2, 0) is 4.74 Å². The van der Waals surface area contributed by atoms with Gasteiger partial charge in [-0.15, -0.1) is 0 Å². The van der Waals surface area contributed by atoms with Gasteiger partial charge in [0.05, 0.1) is 18.4 Å². The van der Waals surface area contributed by atoms with Gasteiger partial charge in [0.25, 0.3) is 0 Å². The maximum absolute atomic E-state index is 11.5. The van der Waals surface area contributed by atoms with E-state index in [2.05, 4.69) is 6.58 Å². The number of hydrogen-bond donors (Lipinski definition) is 1. The van der Waals surface area contributed by atoms with Gasteiger partial charge in [-0.1, -0.05) is 12.2 Å². The van der Waals surface area contributed by atoms with Crippen molar-refractivity contribution in [1.29, 1.82) is 0 Å². The molecule has 1 N–H and O–H groups in total. The molecular formula is C14H16O4. The van der Waals surface area contributed by atoms with Crippen molar-refractivity contribution in [3.05, 3.63) is 48.3 Å². The van der Waals surface area contributed by atoms with Crippen LogP contribution in [0.1, 0.15) is 24.2 Å². The normalized spacial score (nSPS) is 10.3. The average molecular weight is 248 g/mol. The number of aromatic hydroxyl groups is 1. The van der Waals surface area contributed by atoms with Crippen molar-refractivity contribution in [2.45, 2.75) is 13.8 Å². The van der Waals surface area contributed by atoms with Crippen LogP contribution in [0.15, 0.2) is 42.7 Å². The van der Waals surface area contributed by atoms with Gasteiger partial charge in [0.1, 0.15) is 0 Å². The van der Waals surface area contributed by atoms with Crippen molar-refractivity contribution in [3.63, 3.8) is 0 Å². The van der Waals surface area contributed by atoms with Crippen LogP contribution in [0, 0.1) is 0 Å². The maximum atomic E-state index is 11.5. The molecule has 1 aromatic carbocycles. The number of allylic oxidation sites excluding steroid dienone is 2. The molecule has 0 bridgehead atoms. The Morgan fingerprint density at radius 1 is 1.50 bits per heavy atom. The van der Waals surface area contributed by atoms with E-state index in [1.54, 1.807) is 13.0 Å². The van der Waals surface area contributed by atoms with Gasteiger partial charge in [-0.25, -0.2) is 4.79 Å². The number of ether oxygens (including phenoxy) is 2. The highest BCUT2D eigenvalue weighted by Gasteiger charge is 2.10. The molecule has 0 amide bonds. The molecule has 0 unspecified atom stereocenters. The molecule has 0 aromatic heterocycles. The number of carbonyl (C=O) groups is 1. The molecule has 1 aromatic rings. The van der Waals surface area contributed by atoms with Crippen molar-refractivity contribution < 1.29 is 19.4 Å². The molecule has 0 atom stereocenters. The van der Waals surface area contributed by atoms with E-state index in [0.717, 1.165) is 5.57 Å². The highest BCUT2D eigenvalue weighted by atomic mass is 16.5. The minimum Gasteiger partial charge on any atom is -0.504 e. The van der Waals surface area contributed by atoms with Gasteiger partial charge in [-0.3, -0.25) is 0 Å². The van der Waals surface area contributed by atoms with E-state index in [4.69, 9.17) is 9.47 Å². The van der Waals surface area contributed by atoms with Gasteiger partial charge < -0.3 is 14.6 Å². The summed E-state index contributed by atoms with van der Waals surface area (Å²) in [7, 11) is 0. The lowest BCUT2D eigenvalue weighted by atomic mass is 10.2. The number of esters is 1. The van der Waals surface area contributed by atoms with Crippen LogP contribution in [0.25, 0.3) is 0 Å². The molecule has 0 aliphatic heterocycles.